The second kappa shape index (κ2) is 10.4. The minimum absolute atomic E-state index is 0.0173. The van der Waals surface area contributed by atoms with Crippen LogP contribution >= 0.6 is 0 Å². The van der Waals surface area contributed by atoms with Crippen molar-refractivity contribution in [2.45, 2.75) is 19.3 Å². The summed E-state index contributed by atoms with van der Waals surface area (Å²) in [6.45, 7) is 4.70. The number of para-hydroxylation sites is 1. The lowest BCUT2D eigenvalue weighted by Crippen LogP contribution is -2.14. The Morgan fingerprint density at radius 1 is 0.408 bits per heavy atom. The highest BCUT2D eigenvalue weighted by Crippen LogP contribution is 2.49. The van der Waals surface area contributed by atoms with Crippen molar-refractivity contribution in [2.75, 3.05) is 0 Å². The average Bonchev–Trinajstić information content (AvgIpc) is 3.81. The van der Waals surface area contributed by atoms with Crippen LogP contribution in [-0.4, -0.2) is 9.13 Å². The van der Waals surface area contributed by atoms with Crippen LogP contribution in [0.2, 0.25) is 0 Å². The minimum Gasteiger partial charge on any atom is -0.316 e. The summed E-state index contributed by atoms with van der Waals surface area (Å²) in [5.74, 6) is 0. The number of fused-ring (bicyclic) bond motifs is 8. The van der Waals surface area contributed by atoms with Gasteiger partial charge in [0.05, 0.1) is 16.6 Å². The van der Waals surface area contributed by atoms with E-state index < -0.39 is 0 Å². The van der Waals surface area contributed by atoms with Gasteiger partial charge in [0, 0.05) is 39.1 Å². The predicted molar refractivity (Wildman–Crippen MR) is 206 cm³/mol. The zero-order chi connectivity index (χ0) is 32.7. The van der Waals surface area contributed by atoms with Crippen LogP contribution in [0.3, 0.4) is 0 Å². The van der Waals surface area contributed by atoms with E-state index in [2.05, 4.69) is 193 Å². The van der Waals surface area contributed by atoms with Gasteiger partial charge in [0.15, 0.2) is 0 Å². The Kier molecular flexibility index (Phi) is 5.95. The van der Waals surface area contributed by atoms with Gasteiger partial charge in [-0.05, 0) is 93.0 Å². The van der Waals surface area contributed by atoms with Crippen LogP contribution in [0.5, 0.6) is 0 Å². The summed E-state index contributed by atoms with van der Waals surface area (Å²) in [5, 5.41) is 3.78. The molecule has 1 aliphatic rings. The van der Waals surface area contributed by atoms with Gasteiger partial charge in [-0.2, -0.15) is 0 Å². The maximum absolute atomic E-state index is 2.45. The van der Waals surface area contributed by atoms with Crippen molar-refractivity contribution in [1.29, 1.82) is 0 Å². The molecular formula is C47H34N2. The second-order valence-corrected chi connectivity index (χ2v) is 13.8. The van der Waals surface area contributed by atoms with Crippen molar-refractivity contribution < 1.29 is 0 Å². The Bertz CT molecular complexity index is 2700. The SMILES string of the molecule is CC1(C)c2ccccc2-c2ccc(-c3ccc(-n4c5ccccc5c5ccc6c(ccn6-c6ccc(-c7ccccc7)cc6)c54)cc3)cc21. The standard InChI is InChI=1S/C47H34N2/c1-47(2)42-14-8-6-12-37(42)38-25-20-34(30-43(38)47)33-18-23-36(24-19-33)49-45-15-9-7-13-39(45)40-26-27-44-41(46(40)49)28-29-48(44)35-21-16-32(17-22-35)31-10-4-3-5-11-31/h3-30H,1-2H3. The van der Waals surface area contributed by atoms with Crippen molar-refractivity contribution in [3.63, 3.8) is 0 Å². The molecule has 7 aromatic carbocycles. The molecule has 0 amide bonds. The molecule has 2 heteroatoms. The molecule has 1 aliphatic carbocycles. The van der Waals surface area contributed by atoms with Crippen LogP contribution in [-0.2, 0) is 5.41 Å². The average molecular weight is 627 g/mol. The molecule has 0 radical (unpaired) electrons. The van der Waals surface area contributed by atoms with E-state index in [1.807, 2.05) is 0 Å². The largest absolute Gasteiger partial charge is 0.316 e. The van der Waals surface area contributed by atoms with Crippen molar-refractivity contribution in [1.82, 2.24) is 9.13 Å². The van der Waals surface area contributed by atoms with Crippen molar-refractivity contribution in [2.24, 2.45) is 0 Å². The van der Waals surface area contributed by atoms with Crippen molar-refractivity contribution in [3.8, 4) is 44.8 Å². The highest BCUT2D eigenvalue weighted by Gasteiger charge is 2.35. The topological polar surface area (TPSA) is 9.86 Å². The van der Waals surface area contributed by atoms with E-state index in [1.54, 1.807) is 0 Å². The van der Waals surface area contributed by atoms with Crippen molar-refractivity contribution >= 4 is 32.7 Å². The maximum Gasteiger partial charge on any atom is 0.0635 e. The smallest absolute Gasteiger partial charge is 0.0635 e. The summed E-state index contributed by atoms with van der Waals surface area (Å²) in [7, 11) is 0. The zero-order valence-corrected chi connectivity index (χ0v) is 27.6. The molecule has 232 valence electrons. The fourth-order valence-corrected chi connectivity index (χ4v) is 8.30. The molecule has 0 N–H and O–H groups in total. The Morgan fingerprint density at radius 3 is 1.86 bits per heavy atom. The molecule has 0 fully saturated rings. The van der Waals surface area contributed by atoms with E-state index >= 15 is 0 Å². The summed E-state index contributed by atoms with van der Waals surface area (Å²) >= 11 is 0. The molecule has 0 bridgehead atoms. The van der Waals surface area contributed by atoms with Gasteiger partial charge in [0.25, 0.3) is 0 Å². The molecule has 0 aliphatic heterocycles. The van der Waals surface area contributed by atoms with E-state index in [0.29, 0.717) is 0 Å². The fourth-order valence-electron chi connectivity index (χ4n) is 8.30. The molecule has 0 saturated heterocycles. The number of benzene rings is 7. The minimum atomic E-state index is -0.0173. The fraction of sp³-hybridized carbons (Fsp3) is 0.0638. The summed E-state index contributed by atoms with van der Waals surface area (Å²) < 4.78 is 4.75. The number of aromatic nitrogens is 2. The molecule has 9 aromatic rings. The third-order valence-electron chi connectivity index (χ3n) is 10.8. The van der Waals surface area contributed by atoms with Crippen LogP contribution < -0.4 is 0 Å². The van der Waals surface area contributed by atoms with Crippen LogP contribution in [0.15, 0.2) is 170 Å². The molecule has 0 spiro atoms. The quantitative estimate of drug-likeness (QED) is 0.184. The first-order valence-corrected chi connectivity index (χ1v) is 17.1. The second-order valence-electron chi connectivity index (χ2n) is 13.8. The first-order chi connectivity index (χ1) is 24.1. The van der Waals surface area contributed by atoms with Gasteiger partial charge in [0.1, 0.15) is 0 Å². The number of nitrogens with zero attached hydrogens (tertiary/aromatic N) is 2. The summed E-state index contributed by atoms with van der Waals surface area (Å²) in [4.78, 5) is 0. The lowest BCUT2D eigenvalue weighted by molar-refractivity contribution is 0.660. The monoisotopic (exact) mass is 626 g/mol. The summed E-state index contributed by atoms with van der Waals surface area (Å²) in [6, 6.07) is 60.1. The van der Waals surface area contributed by atoms with Crippen LogP contribution in [0.4, 0.5) is 0 Å². The van der Waals surface area contributed by atoms with Gasteiger partial charge in [-0.15, -0.1) is 0 Å². The Labute approximate surface area is 286 Å². The molecule has 49 heavy (non-hydrogen) atoms. The van der Waals surface area contributed by atoms with Crippen LogP contribution in [0.25, 0.3) is 77.5 Å². The van der Waals surface area contributed by atoms with Gasteiger partial charge in [-0.3, -0.25) is 0 Å². The molecule has 0 atom stereocenters. The van der Waals surface area contributed by atoms with Crippen molar-refractivity contribution in [3.05, 3.63) is 181 Å². The first kappa shape index (κ1) is 27.9. The van der Waals surface area contributed by atoms with E-state index in [9.17, 15) is 0 Å². The van der Waals surface area contributed by atoms with E-state index in [0.717, 1.165) is 11.4 Å². The van der Waals surface area contributed by atoms with Gasteiger partial charge < -0.3 is 9.13 Å². The Balaban J connectivity index is 1.08. The maximum atomic E-state index is 2.45. The third-order valence-corrected chi connectivity index (χ3v) is 10.8. The molecule has 0 saturated carbocycles. The molecule has 0 unspecified atom stereocenters. The molecule has 2 aromatic heterocycles. The molecule has 2 heterocycles. The van der Waals surface area contributed by atoms with Gasteiger partial charge in [0.2, 0.25) is 0 Å². The number of hydrogen-bond acceptors (Lipinski definition) is 0. The lowest BCUT2D eigenvalue weighted by atomic mass is 9.81. The normalized spacial score (nSPS) is 13.3. The third kappa shape index (κ3) is 4.14. The molecule has 2 nitrogen and oxygen atoms in total. The van der Waals surface area contributed by atoms with E-state index in [1.165, 1.54) is 77.2 Å². The number of hydrogen-bond donors (Lipinski definition) is 0. The Morgan fingerprint density at radius 2 is 1.04 bits per heavy atom. The lowest BCUT2D eigenvalue weighted by Gasteiger charge is -2.22. The van der Waals surface area contributed by atoms with Crippen LogP contribution in [0, 0.1) is 0 Å². The zero-order valence-electron chi connectivity index (χ0n) is 27.6. The highest BCUT2D eigenvalue weighted by atomic mass is 15.0. The Hall–Kier alpha value is -6.12. The first-order valence-electron chi connectivity index (χ1n) is 17.1. The summed E-state index contributed by atoms with van der Waals surface area (Å²) in [5.41, 5.74) is 16.4. The highest BCUT2D eigenvalue weighted by molar-refractivity contribution is 6.18. The van der Waals surface area contributed by atoms with Gasteiger partial charge in [-0.25, -0.2) is 0 Å². The van der Waals surface area contributed by atoms with Gasteiger partial charge >= 0.3 is 0 Å². The van der Waals surface area contributed by atoms with Gasteiger partial charge in [-0.1, -0.05) is 129 Å². The predicted octanol–water partition coefficient (Wildman–Crippen LogP) is 12.4. The molecular weight excluding hydrogens is 593 g/mol. The molecule has 10 rings (SSSR count). The van der Waals surface area contributed by atoms with E-state index in [4.69, 9.17) is 0 Å². The van der Waals surface area contributed by atoms with E-state index in [-0.39, 0.29) is 5.41 Å². The summed E-state index contributed by atoms with van der Waals surface area (Å²) in [6.07, 6.45) is 2.21. The van der Waals surface area contributed by atoms with Crippen LogP contribution in [0.1, 0.15) is 25.0 Å². The number of rotatable bonds is 4.